The van der Waals surface area contributed by atoms with Crippen molar-refractivity contribution in [3.8, 4) is 0 Å². The minimum atomic E-state index is -0.685. The maximum Gasteiger partial charge on any atom is 0.320 e. The molecule has 1 heterocycles. The van der Waals surface area contributed by atoms with Gasteiger partial charge >= 0.3 is 5.97 Å². The van der Waals surface area contributed by atoms with Crippen molar-refractivity contribution in [3.63, 3.8) is 0 Å². The number of carboxylic acid groups (broad SMARTS) is 1. The van der Waals surface area contributed by atoms with Crippen LogP contribution < -0.4 is 0 Å². The van der Waals surface area contributed by atoms with E-state index in [-0.39, 0.29) is 6.04 Å². The molecule has 3 heteroatoms. The summed E-state index contributed by atoms with van der Waals surface area (Å²) < 4.78 is 0. The maximum atomic E-state index is 10.4. The van der Waals surface area contributed by atoms with Crippen LogP contribution in [0, 0.1) is 0 Å². The number of hydrogen-bond acceptors (Lipinski definition) is 2. The molecule has 0 aromatic rings. The predicted molar refractivity (Wildman–Crippen MR) is 56.0 cm³/mol. The molecule has 0 aromatic carbocycles. The first-order valence-corrected chi connectivity index (χ1v) is 5.15. The van der Waals surface area contributed by atoms with Gasteiger partial charge in [-0.1, -0.05) is 27.7 Å². The van der Waals surface area contributed by atoms with Crippen LogP contribution in [0.3, 0.4) is 0 Å². The standard InChI is InChI=1S/C6H11NO2.2C2H6/c1-7-4-2-3-5(7)6(8)9;2*1-2/h5H,2-4H2,1H3,(H,8,9);2*1-2H3. The molecule has 80 valence electrons. The van der Waals surface area contributed by atoms with E-state index in [9.17, 15) is 4.79 Å². The van der Waals surface area contributed by atoms with E-state index in [1.807, 2.05) is 39.6 Å². The first-order valence-electron chi connectivity index (χ1n) is 5.15. The molecular formula is C10H23NO2. The number of carboxylic acids is 1. The number of rotatable bonds is 1. The average Bonchev–Trinajstić information content (AvgIpc) is 2.58. The second kappa shape index (κ2) is 9.52. The van der Waals surface area contributed by atoms with Crippen molar-refractivity contribution in [3.05, 3.63) is 0 Å². The second-order valence-electron chi connectivity index (χ2n) is 2.48. The Hall–Kier alpha value is -0.570. The van der Waals surface area contributed by atoms with Crippen molar-refractivity contribution in [1.82, 2.24) is 4.90 Å². The van der Waals surface area contributed by atoms with E-state index in [0.717, 1.165) is 19.4 Å². The number of hydrogen-bond donors (Lipinski definition) is 1. The fourth-order valence-corrected chi connectivity index (χ4v) is 1.22. The highest BCUT2D eigenvalue weighted by Crippen LogP contribution is 2.13. The molecule has 1 fully saturated rings. The van der Waals surface area contributed by atoms with Crippen LogP contribution in [0.4, 0.5) is 0 Å². The van der Waals surface area contributed by atoms with Crippen molar-refractivity contribution < 1.29 is 9.90 Å². The maximum absolute atomic E-state index is 10.4. The molecule has 0 saturated carbocycles. The van der Waals surface area contributed by atoms with Gasteiger partial charge in [-0.3, -0.25) is 9.69 Å². The van der Waals surface area contributed by atoms with Gasteiger partial charge in [-0.05, 0) is 26.4 Å². The molecule has 1 aliphatic rings. The van der Waals surface area contributed by atoms with E-state index >= 15 is 0 Å². The van der Waals surface area contributed by atoms with Gasteiger partial charge in [0.1, 0.15) is 6.04 Å². The predicted octanol–water partition coefficient (Wildman–Crippen LogP) is 2.22. The van der Waals surface area contributed by atoms with Crippen LogP contribution in [0.15, 0.2) is 0 Å². The fourth-order valence-electron chi connectivity index (χ4n) is 1.22. The van der Waals surface area contributed by atoms with Crippen molar-refractivity contribution in [2.45, 2.75) is 46.6 Å². The van der Waals surface area contributed by atoms with E-state index in [1.165, 1.54) is 0 Å². The zero-order valence-electron chi connectivity index (χ0n) is 9.50. The Morgan fingerprint density at radius 2 is 1.77 bits per heavy atom. The van der Waals surface area contributed by atoms with Gasteiger partial charge in [0.25, 0.3) is 0 Å². The van der Waals surface area contributed by atoms with Gasteiger partial charge in [0.2, 0.25) is 0 Å². The molecular weight excluding hydrogens is 166 g/mol. The van der Waals surface area contributed by atoms with Gasteiger partial charge in [-0.25, -0.2) is 0 Å². The summed E-state index contributed by atoms with van der Waals surface area (Å²) in [7, 11) is 1.85. The highest BCUT2D eigenvalue weighted by atomic mass is 16.4. The number of likely N-dealkylation sites (N-methyl/N-ethyl adjacent to an activating group) is 1. The molecule has 0 amide bonds. The Labute approximate surface area is 81.7 Å². The first kappa shape index (κ1) is 14.9. The first-order chi connectivity index (χ1) is 6.22. The molecule has 1 aliphatic heterocycles. The Morgan fingerprint density at radius 1 is 1.31 bits per heavy atom. The van der Waals surface area contributed by atoms with Crippen LogP contribution in [0.2, 0.25) is 0 Å². The molecule has 0 aromatic heterocycles. The minimum Gasteiger partial charge on any atom is -0.480 e. The van der Waals surface area contributed by atoms with E-state index in [0.29, 0.717) is 0 Å². The Bertz CT molecular complexity index is 126. The lowest BCUT2D eigenvalue weighted by molar-refractivity contribution is -0.141. The molecule has 0 aliphatic carbocycles. The topological polar surface area (TPSA) is 40.5 Å². The molecule has 0 radical (unpaired) electrons. The van der Waals surface area contributed by atoms with Crippen LogP contribution >= 0.6 is 0 Å². The third kappa shape index (κ3) is 5.64. The van der Waals surface area contributed by atoms with Crippen molar-refractivity contribution in [1.29, 1.82) is 0 Å². The van der Waals surface area contributed by atoms with Crippen molar-refractivity contribution >= 4 is 5.97 Å². The SMILES string of the molecule is CC.CC.CN1CCCC1C(=O)O. The average molecular weight is 189 g/mol. The molecule has 1 rings (SSSR count). The van der Waals surface area contributed by atoms with Crippen LogP contribution in [0.5, 0.6) is 0 Å². The van der Waals surface area contributed by atoms with E-state index in [4.69, 9.17) is 5.11 Å². The highest BCUT2D eigenvalue weighted by molar-refractivity contribution is 5.73. The molecule has 3 nitrogen and oxygen atoms in total. The zero-order valence-corrected chi connectivity index (χ0v) is 9.50. The van der Waals surface area contributed by atoms with Gasteiger partial charge in [0, 0.05) is 0 Å². The quantitative estimate of drug-likeness (QED) is 0.687. The number of nitrogens with zero attached hydrogens (tertiary/aromatic N) is 1. The van der Waals surface area contributed by atoms with Gasteiger partial charge in [-0.15, -0.1) is 0 Å². The lowest BCUT2D eigenvalue weighted by Gasteiger charge is -2.13. The molecule has 1 saturated heterocycles. The summed E-state index contributed by atoms with van der Waals surface area (Å²) in [6, 6.07) is -0.218. The Kier molecular flexibility index (Phi) is 10.9. The molecule has 1 atom stereocenters. The van der Waals surface area contributed by atoms with Crippen molar-refractivity contribution in [2.75, 3.05) is 13.6 Å². The van der Waals surface area contributed by atoms with Gasteiger partial charge in [-0.2, -0.15) is 0 Å². The summed E-state index contributed by atoms with van der Waals surface area (Å²) >= 11 is 0. The van der Waals surface area contributed by atoms with E-state index in [2.05, 4.69) is 0 Å². The molecule has 13 heavy (non-hydrogen) atoms. The summed E-state index contributed by atoms with van der Waals surface area (Å²) in [6.07, 6.45) is 1.83. The monoisotopic (exact) mass is 189 g/mol. The highest BCUT2D eigenvalue weighted by Gasteiger charge is 2.26. The summed E-state index contributed by atoms with van der Waals surface area (Å²) in [6.45, 7) is 8.93. The lowest BCUT2D eigenvalue weighted by Crippen LogP contribution is -2.32. The lowest BCUT2D eigenvalue weighted by atomic mass is 10.2. The van der Waals surface area contributed by atoms with Gasteiger partial charge < -0.3 is 5.11 Å². The van der Waals surface area contributed by atoms with Crippen LogP contribution in [-0.4, -0.2) is 35.6 Å². The fraction of sp³-hybridized carbons (Fsp3) is 0.900. The number of aliphatic carboxylic acids is 1. The summed E-state index contributed by atoms with van der Waals surface area (Å²) in [4.78, 5) is 12.2. The zero-order chi connectivity index (χ0) is 10.9. The van der Waals surface area contributed by atoms with E-state index in [1.54, 1.807) is 0 Å². The second-order valence-corrected chi connectivity index (χ2v) is 2.48. The summed E-state index contributed by atoms with van der Waals surface area (Å²) in [5, 5.41) is 8.54. The van der Waals surface area contributed by atoms with Crippen LogP contribution in [0.25, 0.3) is 0 Å². The van der Waals surface area contributed by atoms with Crippen LogP contribution in [0.1, 0.15) is 40.5 Å². The Morgan fingerprint density at radius 3 is 1.92 bits per heavy atom. The number of carbonyl (C=O) groups is 1. The third-order valence-corrected chi connectivity index (χ3v) is 1.81. The molecule has 1 unspecified atom stereocenters. The number of likely N-dealkylation sites (tertiary alicyclic amines) is 1. The van der Waals surface area contributed by atoms with Gasteiger partial charge in [0.15, 0.2) is 0 Å². The minimum absolute atomic E-state index is 0.218. The molecule has 1 N–H and O–H groups in total. The summed E-state index contributed by atoms with van der Waals surface area (Å²) in [5.74, 6) is -0.685. The third-order valence-electron chi connectivity index (χ3n) is 1.81. The summed E-state index contributed by atoms with van der Waals surface area (Å²) in [5.41, 5.74) is 0. The smallest absolute Gasteiger partial charge is 0.320 e. The largest absolute Gasteiger partial charge is 0.480 e. The molecule has 0 spiro atoms. The van der Waals surface area contributed by atoms with E-state index < -0.39 is 5.97 Å². The normalized spacial score (nSPS) is 20.8. The van der Waals surface area contributed by atoms with Crippen LogP contribution in [-0.2, 0) is 4.79 Å². The Balaban J connectivity index is 0. The molecule has 0 bridgehead atoms. The van der Waals surface area contributed by atoms with Gasteiger partial charge in [0.05, 0.1) is 0 Å². The van der Waals surface area contributed by atoms with Crippen molar-refractivity contribution in [2.24, 2.45) is 0 Å².